The monoisotopic (exact) mass is 172 g/mol. The van der Waals surface area contributed by atoms with Gasteiger partial charge in [-0.15, -0.1) is 0 Å². The molecule has 0 unspecified atom stereocenters. The second kappa shape index (κ2) is 5.57. The summed E-state index contributed by atoms with van der Waals surface area (Å²) in [5.74, 6) is 0. The van der Waals surface area contributed by atoms with Gasteiger partial charge in [-0.3, -0.25) is 0 Å². The normalized spacial score (nSPS) is 14.4. The Hall–Kier alpha value is -0.0551. The molecule has 0 aliphatic rings. The largest absolute Gasteiger partial charge is 0.427 e. The van der Waals surface area contributed by atoms with Gasteiger partial charge in [0.1, 0.15) is 0 Å². The SMILES string of the molecule is CNC[C@@H](NBOC)C(C)(C)C. The lowest BCUT2D eigenvalue weighted by atomic mass is 9.85. The van der Waals surface area contributed by atoms with Crippen LogP contribution >= 0.6 is 0 Å². The summed E-state index contributed by atoms with van der Waals surface area (Å²) in [5, 5.41) is 6.49. The van der Waals surface area contributed by atoms with Crippen LogP contribution in [0.5, 0.6) is 0 Å². The average Bonchev–Trinajstić information content (AvgIpc) is 1.95. The van der Waals surface area contributed by atoms with E-state index in [9.17, 15) is 0 Å². The summed E-state index contributed by atoms with van der Waals surface area (Å²) >= 11 is 0. The first-order valence-electron chi connectivity index (χ1n) is 4.39. The molecule has 0 saturated heterocycles. The van der Waals surface area contributed by atoms with E-state index in [-0.39, 0.29) is 5.41 Å². The lowest BCUT2D eigenvalue weighted by Crippen LogP contribution is -2.48. The van der Waals surface area contributed by atoms with E-state index in [0.29, 0.717) is 13.7 Å². The number of hydrogen-bond donors (Lipinski definition) is 2. The fourth-order valence-electron chi connectivity index (χ4n) is 1.07. The van der Waals surface area contributed by atoms with Crippen LogP contribution in [0.2, 0.25) is 0 Å². The molecular weight excluding hydrogens is 151 g/mol. The van der Waals surface area contributed by atoms with Gasteiger partial charge in [-0.25, -0.2) is 0 Å². The first-order chi connectivity index (χ1) is 5.52. The average molecular weight is 172 g/mol. The summed E-state index contributed by atoms with van der Waals surface area (Å²) in [4.78, 5) is 0. The maximum atomic E-state index is 4.97. The van der Waals surface area contributed by atoms with Crippen LogP contribution in [-0.2, 0) is 4.65 Å². The molecule has 4 heteroatoms. The molecule has 0 aromatic carbocycles. The van der Waals surface area contributed by atoms with Crippen molar-refractivity contribution in [2.75, 3.05) is 20.7 Å². The molecule has 0 aliphatic carbocycles. The van der Waals surface area contributed by atoms with Gasteiger partial charge in [-0.1, -0.05) is 20.8 Å². The van der Waals surface area contributed by atoms with Gasteiger partial charge in [-0.2, -0.15) is 0 Å². The van der Waals surface area contributed by atoms with Crippen LogP contribution in [0, 0.1) is 5.41 Å². The van der Waals surface area contributed by atoms with Gasteiger partial charge < -0.3 is 15.2 Å². The first-order valence-corrected chi connectivity index (χ1v) is 4.39. The maximum Gasteiger partial charge on any atom is 0.360 e. The molecule has 0 fully saturated rings. The molecule has 0 spiro atoms. The molecule has 1 atom stereocenters. The summed E-state index contributed by atoms with van der Waals surface area (Å²) in [6.45, 7) is 7.62. The zero-order valence-corrected chi connectivity index (χ0v) is 8.90. The van der Waals surface area contributed by atoms with Crippen molar-refractivity contribution in [3.8, 4) is 0 Å². The van der Waals surface area contributed by atoms with Gasteiger partial charge in [0.05, 0.1) is 0 Å². The van der Waals surface area contributed by atoms with Gasteiger partial charge >= 0.3 is 7.62 Å². The summed E-state index contributed by atoms with van der Waals surface area (Å²) in [6.07, 6.45) is 0. The number of nitrogens with one attached hydrogen (secondary N) is 2. The van der Waals surface area contributed by atoms with E-state index in [4.69, 9.17) is 4.65 Å². The summed E-state index contributed by atoms with van der Waals surface area (Å²) in [7, 11) is 4.28. The minimum atomic E-state index is 0.265. The van der Waals surface area contributed by atoms with Crippen LogP contribution in [0.4, 0.5) is 0 Å². The fourth-order valence-corrected chi connectivity index (χ4v) is 1.07. The molecule has 0 aromatic rings. The van der Waals surface area contributed by atoms with E-state index in [1.165, 1.54) is 0 Å². The van der Waals surface area contributed by atoms with Crippen LogP contribution in [-0.4, -0.2) is 34.4 Å². The number of likely N-dealkylation sites (N-methyl/N-ethyl adjacent to an activating group) is 1. The summed E-state index contributed by atoms with van der Waals surface area (Å²) < 4.78 is 4.97. The van der Waals surface area contributed by atoms with Crippen LogP contribution in [0.3, 0.4) is 0 Å². The lowest BCUT2D eigenvalue weighted by molar-refractivity contribution is 0.283. The van der Waals surface area contributed by atoms with Crippen molar-refractivity contribution in [2.45, 2.75) is 26.8 Å². The third kappa shape index (κ3) is 4.75. The molecule has 0 heterocycles. The smallest absolute Gasteiger partial charge is 0.360 e. The predicted octanol–water partition coefficient (Wildman–Crippen LogP) is 0.123. The van der Waals surface area contributed by atoms with Crippen LogP contribution in [0.25, 0.3) is 0 Å². The van der Waals surface area contributed by atoms with E-state index in [1.54, 1.807) is 7.11 Å². The van der Waals surface area contributed by atoms with Crippen LogP contribution in [0.1, 0.15) is 20.8 Å². The highest BCUT2D eigenvalue weighted by atomic mass is 16.4. The molecule has 0 amide bonds. The highest BCUT2D eigenvalue weighted by Gasteiger charge is 2.22. The molecule has 0 saturated carbocycles. The Balaban J connectivity index is 3.86. The van der Waals surface area contributed by atoms with Crippen molar-refractivity contribution in [1.29, 1.82) is 0 Å². The topological polar surface area (TPSA) is 33.3 Å². The van der Waals surface area contributed by atoms with Gasteiger partial charge in [0, 0.05) is 19.7 Å². The quantitative estimate of drug-likeness (QED) is 0.578. The van der Waals surface area contributed by atoms with Crippen molar-refractivity contribution in [3.05, 3.63) is 0 Å². The van der Waals surface area contributed by atoms with Gasteiger partial charge in [-0.05, 0) is 12.5 Å². The Kier molecular flexibility index (Phi) is 5.54. The summed E-state index contributed by atoms with van der Waals surface area (Å²) in [5.41, 5.74) is 0.265. The minimum absolute atomic E-state index is 0.265. The number of rotatable bonds is 5. The third-order valence-corrected chi connectivity index (χ3v) is 1.93. The van der Waals surface area contributed by atoms with Gasteiger partial charge in [0.25, 0.3) is 0 Å². The number of hydrogen-bond acceptors (Lipinski definition) is 3. The van der Waals surface area contributed by atoms with E-state index in [0.717, 1.165) is 6.54 Å². The van der Waals surface area contributed by atoms with Crippen molar-refractivity contribution in [3.63, 3.8) is 0 Å². The van der Waals surface area contributed by atoms with Crippen LogP contribution < -0.4 is 10.5 Å². The van der Waals surface area contributed by atoms with E-state index < -0.39 is 0 Å². The zero-order valence-electron chi connectivity index (χ0n) is 8.90. The Morgan fingerprint density at radius 3 is 2.33 bits per heavy atom. The molecule has 12 heavy (non-hydrogen) atoms. The molecule has 0 bridgehead atoms. The highest BCUT2D eigenvalue weighted by Crippen LogP contribution is 2.18. The van der Waals surface area contributed by atoms with Crippen molar-refractivity contribution in [2.24, 2.45) is 5.41 Å². The fraction of sp³-hybridized carbons (Fsp3) is 1.00. The van der Waals surface area contributed by atoms with Crippen molar-refractivity contribution < 1.29 is 4.65 Å². The van der Waals surface area contributed by atoms with Gasteiger partial charge in [0.2, 0.25) is 0 Å². The predicted molar refractivity (Wildman–Crippen MR) is 54.5 cm³/mol. The second-order valence-electron chi connectivity index (χ2n) is 4.11. The Labute approximate surface area is 76.6 Å². The molecule has 72 valence electrons. The molecule has 0 radical (unpaired) electrons. The molecular formula is C8H21BN2O. The molecule has 3 nitrogen and oxygen atoms in total. The molecule has 0 aromatic heterocycles. The third-order valence-electron chi connectivity index (χ3n) is 1.93. The molecule has 0 rings (SSSR count). The lowest BCUT2D eigenvalue weighted by Gasteiger charge is -2.31. The summed E-state index contributed by atoms with van der Waals surface area (Å²) in [6, 6.07) is 0.447. The first kappa shape index (κ1) is 11.9. The van der Waals surface area contributed by atoms with Crippen molar-refractivity contribution in [1.82, 2.24) is 10.5 Å². The van der Waals surface area contributed by atoms with Crippen LogP contribution in [0.15, 0.2) is 0 Å². The standard InChI is InChI=1S/C8H21BN2O/c1-8(2,3)7(6-10-4)11-9-12-5/h7,9-11H,6H2,1-5H3/t7-/m1/s1. The Morgan fingerprint density at radius 2 is 2.00 bits per heavy atom. The second-order valence-corrected chi connectivity index (χ2v) is 4.11. The van der Waals surface area contributed by atoms with Gasteiger partial charge in [0.15, 0.2) is 0 Å². The minimum Gasteiger partial charge on any atom is -0.427 e. The molecule has 2 N–H and O–H groups in total. The Bertz CT molecular complexity index is 114. The molecule has 0 aliphatic heterocycles. The van der Waals surface area contributed by atoms with E-state index in [2.05, 4.69) is 31.3 Å². The van der Waals surface area contributed by atoms with Crippen molar-refractivity contribution >= 4 is 7.62 Å². The van der Waals surface area contributed by atoms with E-state index in [1.807, 2.05) is 7.05 Å². The highest BCUT2D eigenvalue weighted by molar-refractivity contribution is 6.23. The zero-order chi connectivity index (χ0) is 9.61. The van der Waals surface area contributed by atoms with E-state index >= 15 is 0 Å². The Morgan fingerprint density at radius 1 is 1.42 bits per heavy atom. The maximum absolute atomic E-state index is 4.97.